The Morgan fingerprint density at radius 3 is 0.731 bits per heavy atom. The summed E-state index contributed by atoms with van der Waals surface area (Å²) in [5, 5.41) is 10.6. The monoisotopic (exact) mass is 1370 g/mol. The van der Waals surface area contributed by atoms with Crippen molar-refractivity contribution >= 4 is 39.5 Å². The van der Waals surface area contributed by atoms with Gasteiger partial charge in [0.05, 0.1) is 26.4 Å². The molecule has 0 radical (unpaired) electrons. The lowest BCUT2D eigenvalue weighted by Crippen LogP contribution is -2.30. The van der Waals surface area contributed by atoms with Crippen LogP contribution in [-0.2, 0) is 65.4 Å². The van der Waals surface area contributed by atoms with Crippen molar-refractivity contribution in [2.75, 3.05) is 39.6 Å². The molecular weight excluding hydrogens is 1220 g/mol. The molecule has 0 heterocycles. The Balaban J connectivity index is 5.23. The molecule has 0 rings (SSSR count). The van der Waals surface area contributed by atoms with E-state index in [2.05, 4.69) is 34.6 Å². The van der Waals surface area contributed by atoms with Gasteiger partial charge in [-0.05, 0) is 31.6 Å². The number of aliphatic hydroxyl groups is 1. The van der Waals surface area contributed by atoms with E-state index in [1.54, 1.807) is 0 Å². The standard InChI is InChI=1S/C74H144O17P2/c1-6-9-12-15-18-21-24-27-29-30-32-34-37-40-43-50-55-60-74(79)90-69(63-84-71(76)57-52-47-41-38-36-33-31-28-25-22-19-16-13-10-7-2)65-88-92(80,81)86-61-68(75)62-87-93(82,83)89-66-70(64-85-72(77)58-53-48-45-44-46-51-56-67(4)5)91-73(78)59-54-49-42-39-35-26-23-20-17-14-11-8-3/h67-70,75H,6-66H2,1-5H3,(H,80,81)(H,82,83)/t68-,69-,70-/m1/s1. The molecule has 552 valence electrons. The van der Waals surface area contributed by atoms with E-state index in [9.17, 15) is 43.2 Å². The average molecular weight is 1370 g/mol. The molecule has 0 amide bonds. The van der Waals surface area contributed by atoms with E-state index in [-0.39, 0.29) is 25.7 Å². The summed E-state index contributed by atoms with van der Waals surface area (Å²) in [6.07, 6.45) is 55.5. The van der Waals surface area contributed by atoms with Crippen LogP contribution in [-0.4, -0.2) is 96.7 Å². The highest BCUT2D eigenvalue weighted by atomic mass is 31.2. The van der Waals surface area contributed by atoms with E-state index in [1.165, 1.54) is 205 Å². The number of aliphatic hydroxyl groups excluding tert-OH is 1. The van der Waals surface area contributed by atoms with Crippen molar-refractivity contribution < 1.29 is 80.2 Å². The fourth-order valence-corrected chi connectivity index (χ4v) is 12.9. The van der Waals surface area contributed by atoms with Gasteiger partial charge in [-0.15, -0.1) is 0 Å². The fraction of sp³-hybridized carbons (Fsp3) is 0.946. The number of phosphoric ester groups is 2. The first-order valence-corrected chi connectivity index (χ1v) is 41.6. The van der Waals surface area contributed by atoms with Gasteiger partial charge >= 0.3 is 39.5 Å². The second-order valence-corrected chi connectivity index (χ2v) is 30.1. The first kappa shape index (κ1) is 91.1. The number of ether oxygens (including phenoxy) is 4. The van der Waals surface area contributed by atoms with Crippen LogP contribution in [0.1, 0.15) is 388 Å². The normalized spacial score (nSPS) is 14.0. The van der Waals surface area contributed by atoms with Crippen molar-refractivity contribution in [3.63, 3.8) is 0 Å². The van der Waals surface area contributed by atoms with Gasteiger partial charge in [0.2, 0.25) is 0 Å². The number of hydrogen-bond donors (Lipinski definition) is 3. The minimum Gasteiger partial charge on any atom is -0.462 e. The van der Waals surface area contributed by atoms with Crippen LogP contribution in [0.25, 0.3) is 0 Å². The van der Waals surface area contributed by atoms with Gasteiger partial charge in [-0.1, -0.05) is 336 Å². The Kier molecular flexibility index (Phi) is 65.9. The van der Waals surface area contributed by atoms with E-state index in [0.717, 1.165) is 96.3 Å². The van der Waals surface area contributed by atoms with Gasteiger partial charge in [0.25, 0.3) is 0 Å². The van der Waals surface area contributed by atoms with E-state index in [1.807, 2.05) is 0 Å². The SMILES string of the molecule is CCCCCCCCCCCCCCCCCCCC(=O)O[C@H](COC(=O)CCCCCCCCCCCCCCCCC)COP(=O)(O)OC[C@@H](O)COP(=O)(O)OC[C@@H](COC(=O)CCCCCCCCC(C)C)OC(=O)CCCCCCCCCCCCCC. The number of carbonyl (C=O) groups is 4. The van der Waals surface area contributed by atoms with Gasteiger partial charge in [0, 0.05) is 25.7 Å². The molecular formula is C74H144O17P2. The van der Waals surface area contributed by atoms with Crippen LogP contribution in [0.2, 0.25) is 0 Å². The lowest BCUT2D eigenvalue weighted by Gasteiger charge is -2.21. The van der Waals surface area contributed by atoms with E-state index in [4.69, 9.17) is 37.0 Å². The number of phosphoric acid groups is 2. The Hall–Kier alpha value is -1.94. The first-order chi connectivity index (χ1) is 45.0. The molecule has 0 saturated carbocycles. The van der Waals surface area contributed by atoms with Crippen LogP contribution in [0, 0.1) is 5.92 Å². The summed E-state index contributed by atoms with van der Waals surface area (Å²) in [4.78, 5) is 72.7. The molecule has 0 fully saturated rings. The van der Waals surface area contributed by atoms with Crippen LogP contribution >= 0.6 is 15.6 Å². The highest BCUT2D eigenvalue weighted by Crippen LogP contribution is 2.45. The third-order valence-corrected chi connectivity index (χ3v) is 19.2. The molecule has 0 saturated heterocycles. The second-order valence-electron chi connectivity index (χ2n) is 27.2. The molecule has 0 aromatic rings. The number of esters is 4. The molecule has 0 aliphatic rings. The second kappa shape index (κ2) is 67.3. The van der Waals surface area contributed by atoms with Gasteiger partial charge < -0.3 is 33.8 Å². The van der Waals surface area contributed by atoms with E-state index < -0.39 is 97.5 Å². The lowest BCUT2D eigenvalue weighted by atomic mass is 10.0. The molecule has 0 spiro atoms. The number of carbonyl (C=O) groups excluding carboxylic acids is 4. The lowest BCUT2D eigenvalue weighted by molar-refractivity contribution is -0.161. The van der Waals surface area contributed by atoms with Gasteiger partial charge in [-0.3, -0.25) is 37.3 Å². The quantitative estimate of drug-likeness (QED) is 0.0222. The molecule has 5 atom stereocenters. The zero-order chi connectivity index (χ0) is 68.4. The van der Waals surface area contributed by atoms with Crippen LogP contribution in [0.15, 0.2) is 0 Å². The van der Waals surface area contributed by atoms with Crippen molar-refractivity contribution in [2.45, 2.75) is 406 Å². The van der Waals surface area contributed by atoms with Crippen molar-refractivity contribution in [3.05, 3.63) is 0 Å². The summed E-state index contributed by atoms with van der Waals surface area (Å²) in [5.41, 5.74) is 0. The van der Waals surface area contributed by atoms with Gasteiger partial charge in [-0.25, -0.2) is 9.13 Å². The third kappa shape index (κ3) is 68.4. The predicted molar refractivity (Wildman–Crippen MR) is 377 cm³/mol. The molecule has 0 aliphatic heterocycles. The topological polar surface area (TPSA) is 237 Å². The number of unbranched alkanes of at least 4 members (excludes halogenated alkanes) is 46. The maximum Gasteiger partial charge on any atom is 0.472 e. The zero-order valence-corrected chi connectivity index (χ0v) is 62.2. The first-order valence-electron chi connectivity index (χ1n) is 38.6. The van der Waals surface area contributed by atoms with Gasteiger partial charge in [0.15, 0.2) is 12.2 Å². The minimum atomic E-state index is -4.95. The Morgan fingerprint density at radius 1 is 0.290 bits per heavy atom. The Morgan fingerprint density at radius 2 is 0.495 bits per heavy atom. The van der Waals surface area contributed by atoms with Crippen molar-refractivity contribution in [1.29, 1.82) is 0 Å². The molecule has 19 heteroatoms. The molecule has 0 aliphatic carbocycles. The van der Waals surface area contributed by atoms with Gasteiger partial charge in [-0.2, -0.15) is 0 Å². The summed E-state index contributed by atoms with van der Waals surface area (Å²) >= 11 is 0. The minimum absolute atomic E-state index is 0.107. The largest absolute Gasteiger partial charge is 0.472 e. The van der Waals surface area contributed by atoms with Crippen LogP contribution in [0.4, 0.5) is 0 Å². The van der Waals surface area contributed by atoms with Crippen LogP contribution in [0.3, 0.4) is 0 Å². The molecule has 0 aromatic heterocycles. The summed E-state index contributed by atoms with van der Waals surface area (Å²) < 4.78 is 68.4. The molecule has 0 aromatic carbocycles. The zero-order valence-electron chi connectivity index (χ0n) is 60.4. The smallest absolute Gasteiger partial charge is 0.462 e. The Bertz CT molecular complexity index is 1790. The van der Waals surface area contributed by atoms with Crippen LogP contribution in [0.5, 0.6) is 0 Å². The van der Waals surface area contributed by atoms with Gasteiger partial charge in [0.1, 0.15) is 19.3 Å². The fourth-order valence-electron chi connectivity index (χ4n) is 11.4. The van der Waals surface area contributed by atoms with E-state index >= 15 is 0 Å². The maximum atomic E-state index is 13.1. The maximum absolute atomic E-state index is 13.1. The summed E-state index contributed by atoms with van der Waals surface area (Å²) in [5.74, 6) is -1.44. The van der Waals surface area contributed by atoms with Crippen molar-refractivity contribution in [2.24, 2.45) is 5.92 Å². The van der Waals surface area contributed by atoms with Crippen LogP contribution < -0.4 is 0 Å². The number of hydrogen-bond acceptors (Lipinski definition) is 15. The summed E-state index contributed by atoms with van der Waals surface area (Å²) in [6, 6.07) is 0. The molecule has 0 bridgehead atoms. The highest BCUT2D eigenvalue weighted by Gasteiger charge is 2.30. The van der Waals surface area contributed by atoms with Crippen molar-refractivity contribution in [1.82, 2.24) is 0 Å². The third-order valence-electron chi connectivity index (χ3n) is 17.3. The number of rotatable bonds is 74. The Labute approximate surface area is 568 Å². The van der Waals surface area contributed by atoms with Crippen molar-refractivity contribution in [3.8, 4) is 0 Å². The molecule has 3 N–H and O–H groups in total. The van der Waals surface area contributed by atoms with E-state index in [0.29, 0.717) is 31.6 Å². The highest BCUT2D eigenvalue weighted by molar-refractivity contribution is 7.47. The summed E-state index contributed by atoms with van der Waals surface area (Å²) in [7, 11) is -9.90. The molecule has 2 unspecified atom stereocenters. The molecule has 93 heavy (non-hydrogen) atoms. The molecule has 17 nitrogen and oxygen atoms in total. The predicted octanol–water partition coefficient (Wildman–Crippen LogP) is 21.7. The summed E-state index contributed by atoms with van der Waals surface area (Å²) in [6.45, 7) is 7.20. The average Bonchev–Trinajstić information content (AvgIpc) is 3.02.